The van der Waals surface area contributed by atoms with Crippen molar-refractivity contribution in [3.63, 3.8) is 0 Å². The van der Waals surface area contributed by atoms with E-state index in [2.05, 4.69) is 4.98 Å². The number of nitrogens with zero attached hydrogens (tertiary/aromatic N) is 1. The van der Waals surface area contributed by atoms with Crippen molar-refractivity contribution in [1.29, 1.82) is 0 Å². The van der Waals surface area contributed by atoms with Crippen molar-refractivity contribution in [2.75, 3.05) is 6.61 Å². The smallest absolute Gasteiger partial charge is 0.199 e. The summed E-state index contributed by atoms with van der Waals surface area (Å²) in [5.41, 5.74) is 0.886. The maximum absolute atomic E-state index is 6.03. The van der Waals surface area contributed by atoms with Gasteiger partial charge in [0, 0.05) is 12.1 Å². The van der Waals surface area contributed by atoms with E-state index in [9.17, 15) is 0 Å². The monoisotopic (exact) mass is 227 g/mol. The van der Waals surface area contributed by atoms with Crippen molar-refractivity contribution in [1.82, 2.24) is 4.98 Å². The average molecular weight is 228 g/mol. The molecule has 4 heteroatoms. The molecule has 0 unspecified atom stereocenters. The van der Waals surface area contributed by atoms with Gasteiger partial charge in [0.1, 0.15) is 0 Å². The van der Waals surface area contributed by atoms with Gasteiger partial charge in [0.25, 0.3) is 0 Å². The minimum atomic E-state index is -0.166. The third kappa shape index (κ3) is 2.83. The molecule has 0 saturated carbocycles. The van der Waals surface area contributed by atoms with Crippen LogP contribution in [0, 0.1) is 6.92 Å². The van der Waals surface area contributed by atoms with Crippen molar-refractivity contribution >= 4 is 11.6 Å². The molecule has 3 nitrogen and oxygen atoms in total. The molecule has 1 fully saturated rings. The lowest BCUT2D eigenvalue weighted by Gasteiger charge is -2.23. The zero-order chi connectivity index (χ0) is 10.7. The minimum absolute atomic E-state index is 0.166. The van der Waals surface area contributed by atoms with Crippen LogP contribution in [-0.4, -0.2) is 17.9 Å². The molecule has 0 aliphatic carbocycles. The van der Waals surface area contributed by atoms with Crippen molar-refractivity contribution in [3.8, 4) is 5.75 Å². The summed E-state index contributed by atoms with van der Waals surface area (Å²) < 4.78 is 11.1. The highest BCUT2D eigenvalue weighted by atomic mass is 35.5. The molecule has 0 spiro atoms. The van der Waals surface area contributed by atoms with E-state index >= 15 is 0 Å². The number of halogens is 1. The van der Waals surface area contributed by atoms with Gasteiger partial charge in [-0.15, -0.1) is 0 Å². The summed E-state index contributed by atoms with van der Waals surface area (Å²) in [5, 5.41) is 0.594. The Bertz CT molecular complexity index is 337. The van der Waals surface area contributed by atoms with Crippen molar-refractivity contribution in [3.05, 3.63) is 23.0 Å². The molecular formula is C11H14ClNO2. The highest BCUT2D eigenvalue weighted by Gasteiger charge is 2.16. The summed E-state index contributed by atoms with van der Waals surface area (Å²) in [4.78, 5) is 4.14. The molecule has 1 aromatic heterocycles. The third-order valence-electron chi connectivity index (χ3n) is 2.35. The van der Waals surface area contributed by atoms with Gasteiger partial charge in [-0.3, -0.25) is 4.98 Å². The van der Waals surface area contributed by atoms with E-state index in [1.54, 1.807) is 12.3 Å². The normalized spacial score (nSPS) is 21.3. The van der Waals surface area contributed by atoms with Gasteiger partial charge in [0.05, 0.1) is 17.8 Å². The summed E-state index contributed by atoms with van der Waals surface area (Å²) >= 11 is 6.03. The molecule has 1 atom stereocenters. The predicted molar refractivity (Wildman–Crippen MR) is 58.2 cm³/mol. The first kappa shape index (κ1) is 10.7. The molecule has 1 aliphatic rings. The molecule has 1 aromatic rings. The number of hydrogen-bond acceptors (Lipinski definition) is 3. The first-order chi connectivity index (χ1) is 7.25. The van der Waals surface area contributed by atoms with Crippen LogP contribution in [0.1, 0.15) is 25.0 Å². The van der Waals surface area contributed by atoms with Crippen LogP contribution >= 0.6 is 11.6 Å². The highest BCUT2D eigenvalue weighted by Crippen LogP contribution is 2.26. The lowest BCUT2D eigenvalue weighted by molar-refractivity contribution is -0.106. The Balaban J connectivity index is 2.03. The number of pyridine rings is 1. The Kier molecular flexibility index (Phi) is 3.44. The second-order valence-corrected chi connectivity index (χ2v) is 4.08. The van der Waals surface area contributed by atoms with Crippen molar-refractivity contribution in [2.45, 2.75) is 32.5 Å². The van der Waals surface area contributed by atoms with E-state index in [0.29, 0.717) is 10.8 Å². The Morgan fingerprint density at radius 1 is 1.53 bits per heavy atom. The number of rotatable bonds is 2. The van der Waals surface area contributed by atoms with Gasteiger partial charge in [-0.25, -0.2) is 0 Å². The maximum Gasteiger partial charge on any atom is 0.199 e. The van der Waals surface area contributed by atoms with E-state index in [1.807, 2.05) is 6.92 Å². The number of aromatic nitrogens is 1. The fourth-order valence-electron chi connectivity index (χ4n) is 1.55. The molecule has 0 radical (unpaired) electrons. The molecule has 0 amide bonds. The molecule has 1 saturated heterocycles. The predicted octanol–water partition coefficient (Wildman–Crippen LogP) is 2.95. The van der Waals surface area contributed by atoms with Crippen LogP contribution in [0.15, 0.2) is 12.3 Å². The van der Waals surface area contributed by atoms with Gasteiger partial charge < -0.3 is 9.47 Å². The molecule has 15 heavy (non-hydrogen) atoms. The van der Waals surface area contributed by atoms with E-state index < -0.39 is 0 Å². The zero-order valence-corrected chi connectivity index (χ0v) is 9.46. The van der Waals surface area contributed by atoms with Gasteiger partial charge in [-0.2, -0.15) is 0 Å². The lowest BCUT2D eigenvalue weighted by atomic mass is 10.2. The van der Waals surface area contributed by atoms with Gasteiger partial charge in [0.2, 0.25) is 0 Å². The second-order valence-electron chi connectivity index (χ2n) is 3.67. The first-order valence-corrected chi connectivity index (χ1v) is 5.54. The molecule has 0 bridgehead atoms. The Labute approximate surface area is 94.4 Å². The number of ether oxygens (including phenoxy) is 2. The third-order valence-corrected chi connectivity index (χ3v) is 2.65. The average Bonchev–Trinajstić information content (AvgIpc) is 2.24. The summed E-state index contributed by atoms with van der Waals surface area (Å²) in [6, 6.07) is 1.79. The zero-order valence-electron chi connectivity index (χ0n) is 8.70. The number of hydrogen-bond donors (Lipinski definition) is 0. The highest BCUT2D eigenvalue weighted by molar-refractivity contribution is 6.32. The maximum atomic E-state index is 6.03. The standard InChI is InChI=1S/C11H14ClNO2/c1-8-6-9(12)10(7-13-8)15-11-4-2-3-5-14-11/h6-7,11H,2-5H2,1H3/t11-/m0/s1. The largest absolute Gasteiger partial charge is 0.462 e. The van der Waals surface area contributed by atoms with Crippen LogP contribution in [0.25, 0.3) is 0 Å². The van der Waals surface area contributed by atoms with Crippen LogP contribution in [0.5, 0.6) is 5.75 Å². The Hall–Kier alpha value is -0.800. The minimum Gasteiger partial charge on any atom is -0.462 e. The number of aryl methyl sites for hydroxylation is 1. The van der Waals surface area contributed by atoms with Gasteiger partial charge in [-0.05, 0) is 25.8 Å². The molecule has 1 aliphatic heterocycles. The van der Waals surface area contributed by atoms with Crippen LogP contribution in [0.2, 0.25) is 5.02 Å². The first-order valence-electron chi connectivity index (χ1n) is 5.16. The quantitative estimate of drug-likeness (QED) is 0.779. The van der Waals surface area contributed by atoms with E-state index in [-0.39, 0.29) is 6.29 Å². The summed E-state index contributed by atoms with van der Waals surface area (Å²) in [6.45, 7) is 2.66. The lowest BCUT2D eigenvalue weighted by Crippen LogP contribution is -2.25. The molecule has 0 aromatic carbocycles. The van der Waals surface area contributed by atoms with Crippen molar-refractivity contribution < 1.29 is 9.47 Å². The fraction of sp³-hybridized carbons (Fsp3) is 0.545. The van der Waals surface area contributed by atoms with Gasteiger partial charge in [-0.1, -0.05) is 11.6 Å². The van der Waals surface area contributed by atoms with Gasteiger partial charge in [0.15, 0.2) is 12.0 Å². The molecule has 82 valence electrons. The molecule has 2 rings (SSSR count). The fourth-order valence-corrected chi connectivity index (χ4v) is 1.80. The molecular weight excluding hydrogens is 214 g/mol. The van der Waals surface area contributed by atoms with Crippen LogP contribution in [0.3, 0.4) is 0 Å². The summed E-state index contributed by atoms with van der Waals surface area (Å²) in [7, 11) is 0. The topological polar surface area (TPSA) is 31.4 Å². The second kappa shape index (κ2) is 4.81. The van der Waals surface area contributed by atoms with Crippen molar-refractivity contribution in [2.24, 2.45) is 0 Å². The van der Waals surface area contributed by atoms with E-state index in [4.69, 9.17) is 21.1 Å². The summed E-state index contributed by atoms with van der Waals surface area (Å²) in [6.07, 6.45) is 4.65. The van der Waals surface area contributed by atoms with Crippen LogP contribution in [-0.2, 0) is 4.74 Å². The molecule has 2 heterocycles. The Morgan fingerprint density at radius 3 is 3.07 bits per heavy atom. The molecule has 0 N–H and O–H groups in total. The van der Waals surface area contributed by atoms with Crippen LogP contribution < -0.4 is 4.74 Å². The van der Waals surface area contributed by atoms with E-state index in [0.717, 1.165) is 31.6 Å². The SMILES string of the molecule is Cc1cc(Cl)c(O[C@H]2CCCCO2)cn1. The van der Waals surface area contributed by atoms with Gasteiger partial charge >= 0.3 is 0 Å². The Morgan fingerprint density at radius 2 is 2.40 bits per heavy atom. The van der Waals surface area contributed by atoms with Crippen LogP contribution in [0.4, 0.5) is 0 Å². The summed E-state index contributed by atoms with van der Waals surface area (Å²) in [5.74, 6) is 0.606. The van der Waals surface area contributed by atoms with E-state index in [1.165, 1.54) is 0 Å².